The van der Waals surface area contributed by atoms with Gasteiger partial charge < -0.3 is 30.7 Å². The number of hydrogen-bond donors (Lipinski definition) is 5. The van der Waals surface area contributed by atoms with Crippen molar-refractivity contribution in [3.05, 3.63) is 107 Å². The maximum absolute atomic E-state index is 13.3. The summed E-state index contributed by atoms with van der Waals surface area (Å²) < 4.78 is 5.60. The zero-order chi connectivity index (χ0) is 32.4. The Morgan fingerprint density at radius 1 is 0.978 bits per heavy atom. The van der Waals surface area contributed by atoms with Crippen LogP contribution in [-0.2, 0) is 28.1 Å². The highest BCUT2D eigenvalue weighted by atomic mass is 32.2. The first-order valence-corrected chi connectivity index (χ1v) is 16.7. The van der Waals surface area contributed by atoms with E-state index in [-0.39, 0.29) is 25.4 Å². The van der Waals surface area contributed by atoms with E-state index in [4.69, 9.17) is 9.84 Å². The van der Waals surface area contributed by atoms with E-state index in [1.54, 1.807) is 32.5 Å². The summed E-state index contributed by atoms with van der Waals surface area (Å²) in [6.07, 6.45) is -1.01. The molecule has 4 rings (SSSR count). The highest BCUT2D eigenvalue weighted by molar-refractivity contribution is 7.98. The summed E-state index contributed by atoms with van der Waals surface area (Å²) in [4.78, 5) is 26.4. The third-order valence-electron chi connectivity index (χ3n) is 7.97. The summed E-state index contributed by atoms with van der Waals surface area (Å²) in [5, 5.41) is 37.6. The van der Waals surface area contributed by atoms with Crippen LogP contribution in [0.5, 0.6) is 0 Å². The fraction of sp³-hybridized carbons (Fsp3) is 0.444. The van der Waals surface area contributed by atoms with Gasteiger partial charge in [0.1, 0.15) is 5.60 Å². The second-order valence-corrected chi connectivity index (χ2v) is 13.7. The minimum Gasteiger partial charge on any atom is -0.444 e. The van der Waals surface area contributed by atoms with Crippen LogP contribution in [0.15, 0.2) is 78.9 Å². The van der Waals surface area contributed by atoms with Crippen molar-refractivity contribution in [2.75, 3.05) is 12.4 Å². The molecule has 5 N–H and O–H groups in total. The predicted molar refractivity (Wildman–Crippen MR) is 178 cm³/mol. The van der Waals surface area contributed by atoms with Crippen LogP contribution in [0, 0.1) is 5.92 Å². The average Bonchev–Trinajstić information content (AvgIpc) is 3.31. The molecule has 0 aliphatic heterocycles. The molecule has 5 atom stereocenters. The van der Waals surface area contributed by atoms with Crippen molar-refractivity contribution < 1.29 is 29.6 Å². The number of carbonyl (C=O) groups is 2. The minimum absolute atomic E-state index is 0.0876. The monoisotopic (exact) mass is 634 g/mol. The smallest absolute Gasteiger partial charge is 0.407 e. The number of hydrogen-bond acceptors (Lipinski definition) is 7. The zero-order valence-corrected chi connectivity index (χ0v) is 27.1. The van der Waals surface area contributed by atoms with Crippen LogP contribution in [0.25, 0.3) is 0 Å². The van der Waals surface area contributed by atoms with Gasteiger partial charge in [0.15, 0.2) is 0 Å². The maximum atomic E-state index is 13.3. The summed E-state index contributed by atoms with van der Waals surface area (Å²) in [5.74, 6) is 0.613. The Labute approximate surface area is 270 Å². The van der Waals surface area contributed by atoms with E-state index < -0.39 is 41.9 Å². The van der Waals surface area contributed by atoms with E-state index in [2.05, 4.69) is 10.6 Å². The van der Waals surface area contributed by atoms with Gasteiger partial charge in [0.2, 0.25) is 5.91 Å². The summed E-state index contributed by atoms with van der Waals surface area (Å²) in [5.41, 5.74) is 3.95. The molecule has 9 heteroatoms. The van der Waals surface area contributed by atoms with Gasteiger partial charge in [-0.1, -0.05) is 78.9 Å². The molecule has 1 aliphatic rings. The van der Waals surface area contributed by atoms with Crippen LogP contribution in [0.1, 0.15) is 73.6 Å². The number of amides is 2. The molecule has 0 aromatic heterocycles. The van der Waals surface area contributed by atoms with E-state index in [0.717, 1.165) is 28.0 Å². The number of alkyl carbamates (subject to hydrolysis) is 1. The predicted octanol–water partition coefficient (Wildman–Crippen LogP) is 5.25. The normalized spacial score (nSPS) is 18.0. The first-order chi connectivity index (χ1) is 21.5. The summed E-state index contributed by atoms with van der Waals surface area (Å²) in [7, 11) is 0. The lowest BCUT2D eigenvalue weighted by molar-refractivity contribution is -0.123. The third-order valence-corrected chi connectivity index (χ3v) is 8.98. The van der Waals surface area contributed by atoms with Crippen LogP contribution in [0.2, 0.25) is 0 Å². The van der Waals surface area contributed by atoms with Crippen molar-refractivity contribution >= 4 is 23.8 Å². The van der Waals surface area contributed by atoms with Gasteiger partial charge in [-0.3, -0.25) is 4.79 Å². The summed E-state index contributed by atoms with van der Waals surface area (Å²) in [6, 6.07) is 24.1. The molecule has 1 unspecified atom stereocenters. The van der Waals surface area contributed by atoms with Gasteiger partial charge >= 0.3 is 6.09 Å². The van der Waals surface area contributed by atoms with E-state index >= 15 is 0 Å². The van der Waals surface area contributed by atoms with Crippen molar-refractivity contribution in [2.24, 2.45) is 5.92 Å². The van der Waals surface area contributed by atoms with Gasteiger partial charge in [-0.25, -0.2) is 4.79 Å². The van der Waals surface area contributed by atoms with Crippen molar-refractivity contribution in [1.82, 2.24) is 10.6 Å². The standard InChI is InChI=1S/C36H46N2O6S/c1-36(2,3)44-35(43)37-30(21-24-9-5-4-6-10-24)29(34(42)26-15-13-25(14-16-26)23-45-20-19-39)17-18-32(41)38-33-28-12-8-7-11-27(28)22-31(33)40/h4-16,29-31,33-34,39-40,42H,17-23H2,1-3H3,(H,37,43)(H,38,41)/t29-,30-,31+,33-,34?/m0/s1. The molecule has 242 valence electrons. The Bertz CT molecular complexity index is 1380. The molecular weight excluding hydrogens is 588 g/mol. The molecule has 3 aromatic rings. The number of rotatable bonds is 14. The molecule has 0 radical (unpaired) electrons. The number of carbonyl (C=O) groups excluding carboxylic acids is 2. The van der Waals surface area contributed by atoms with Crippen molar-refractivity contribution in [2.45, 2.75) is 82.1 Å². The first kappa shape index (κ1) is 34.5. The van der Waals surface area contributed by atoms with Gasteiger partial charge in [0, 0.05) is 36.3 Å². The molecule has 0 saturated heterocycles. The fourth-order valence-corrected chi connectivity index (χ4v) is 6.52. The van der Waals surface area contributed by atoms with E-state index in [1.807, 2.05) is 78.9 Å². The Morgan fingerprint density at radius 3 is 2.36 bits per heavy atom. The highest BCUT2D eigenvalue weighted by Gasteiger charge is 2.35. The van der Waals surface area contributed by atoms with Crippen LogP contribution < -0.4 is 10.6 Å². The molecule has 1 aliphatic carbocycles. The molecule has 0 heterocycles. The van der Waals surface area contributed by atoms with E-state index in [9.17, 15) is 19.8 Å². The SMILES string of the molecule is CC(C)(C)OC(=O)N[C@@H](Cc1ccccc1)[C@H](CCC(=O)N[C@H]1c2ccccc2C[C@H]1O)C(O)c1ccc(CSCCO)cc1. The second-order valence-electron chi connectivity index (χ2n) is 12.6. The Hall–Kier alpha value is -3.37. The molecule has 8 nitrogen and oxygen atoms in total. The quantitative estimate of drug-likeness (QED) is 0.153. The highest BCUT2D eigenvalue weighted by Crippen LogP contribution is 2.33. The Morgan fingerprint density at radius 2 is 1.67 bits per heavy atom. The number of aliphatic hydroxyl groups is 3. The van der Waals surface area contributed by atoms with Crippen molar-refractivity contribution in [1.29, 1.82) is 0 Å². The number of nitrogens with one attached hydrogen (secondary N) is 2. The molecule has 0 spiro atoms. The zero-order valence-electron chi connectivity index (χ0n) is 26.3. The van der Waals surface area contributed by atoms with E-state index in [1.165, 1.54) is 0 Å². The van der Waals surface area contributed by atoms with Crippen molar-refractivity contribution in [3.8, 4) is 0 Å². The molecular formula is C36H46N2O6S. The van der Waals surface area contributed by atoms with Crippen molar-refractivity contribution in [3.63, 3.8) is 0 Å². The van der Waals surface area contributed by atoms with E-state index in [0.29, 0.717) is 24.2 Å². The molecule has 0 fully saturated rings. The van der Waals surface area contributed by atoms with Crippen LogP contribution in [0.4, 0.5) is 4.79 Å². The molecule has 0 bridgehead atoms. The molecule has 0 saturated carbocycles. The molecule has 45 heavy (non-hydrogen) atoms. The maximum Gasteiger partial charge on any atom is 0.407 e. The summed E-state index contributed by atoms with van der Waals surface area (Å²) in [6.45, 7) is 5.51. The Balaban J connectivity index is 1.57. The molecule has 2 amide bonds. The number of ether oxygens (including phenoxy) is 1. The van der Waals surface area contributed by atoms with Crippen LogP contribution in [0.3, 0.4) is 0 Å². The topological polar surface area (TPSA) is 128 Å². The average molecular weight is 635 g/mol. The lowest BCUT2D eigenvalue weighted by Crippen LogP contribution is -2.46. The largest absolute Gasteiger partial charge is 0.444 e. The van der Waals surface area contributed by atoms with Crippen LogP contribution in [-0.4, -0.2) is 57.4 Å². The number of aliphatic hydroxyl groups excluding tert-OH is 3. The molecule has 3 aromatic carbocycles. The van der Waals surface area contributed by atoms with Gasteiger partial charge in [0.05, 0.1) is 24.9 Å². The minimum atomic E-state index is -0.988. The fourth-order valence-electron chi connectivity index (χ4n) is 5.82. The number of fused-ring (bicyclic) bond motifs is 1. The first-order valence-electron chi connectivity index (χ1n) is 15.6. The number of benzene rings is 3. The number of thioether (sulfide) groups is 1. The lowest BCUT2D eigenvalue weighted by atomic mass is 9.82. The lowest BCUT2D eigenvalue weighted by Gasteiger charge is -2.33. The Kier molecular flexibility index (Phi) is 12.5. The van der Waals surface area contributed by atoms with Gasteiger partial charge in [-0.05, 0) is 61.4 Å². The summed E-state index contributed by atoms with van der Waals surface area (Å²) >= 11 is 1.63. The third kappa shape index (κ3) is 10.3. The second kappa shape index (κ2) is 16.3. The van der Waals surface area contributed by atoms with Crippen LogP contribution >= 0.6 is 11.8 Å². The van der Waals surface area contributed by atoms with Gasteiger partial charge in [-0.2, -0.15) is 11.8 Å². The van der Waals surface area contributed by atoms with Gasteiger partial charge in [0.25, 0.3) is 0 Å². The van der Waals surface area contributed by atoms with Gasteiger partial charge in [-0.15, -0.1) is 0 Å².